The van der Waals surface area contributed by atoms with Gasteiger partial charge in [-0.3, -0.25) is 4.79 Å². The second-order valence-corrected chi connectivity index (χ2v) is 2.68. The van der Waals surface area contributed by atoms with E-state index in [4.69, 9.17) is 5.73 Å². The second kappa shape index (κ2) is 2.41. The third kappa shape index (κ3) is 1.20. The predicted octanol–water partition coefficient (Wildman–Crippen LogP) is 0.142. The molecular formula is C6H9F2NO2. The summed E-state index contributed by atoms with van der Waals surface area (Å²) in [5.41, 5.74) is 3.88. The molecule has 2 atom stereocenters. The summed E-state index contributed by atoms with van der Waals surface area (Å²) >= 11 is 0. The first-order valence-electron chi connectivity index (χ1n) is 3.18. The molecule has 0 bridgehead atoms. The summed E-state index contributed by atoms with van der Waals surface area (Å²) < 4.78 is 28.1. The molecule has 1 saturated carbocycles. The summed E-state index contributed by atoms with van der Waals surface area (Å²) in [5, 5.41) is 0. The van der Waals surface area contributed by atoms with Crippen molar-refractivity contribution in [1.82, 2.24) is 0 Å². The Kier molecular flexibility index (Phi) is 1.83. The molecule has 1 aliphatic carbocycles. The summed E-state index contributed by atoms with van der Waals surface area (Å²) in [6, 6.07) is 0. The average Bonchev–Trinajstić information content (AvgIpc) is 2.62. The fourth-order valence-corrected chi connectivity index (χ4v) is 1.04. The van der Waals surface area contributed by atoms with Crippen LogP contribution in [0.3, 0.4) is 0 Å². The van der Waals surface area contributed by atoms with E-state index in [2.05, 4.69) is 4.74 Å². The molecule has 1 fully saturated rings. The Hall–Kier alpha value is -0.710. The molecule has 3 nitrogen and oxygen atoms in total. The van der Waals surface area contributed by atoms with Crippen molar-refractivity contribution in [3.8, 4) is 0 Å². The first kappa shape index (κ1) is 8.39. The Balaban J connectivity index is 2.55. The van der Waals surface area contributed by atoms with Crippen molar-refractivity contribution in [1.29, 1.82) is 0 Å². The SMILES string of the molecule is COC(=O)[C@]1(N)C[C@@H]1C(F)F. The van der Waals surface area contributed by atoms with Crippen molar-refractivity contribution >= 4 is 5.97 Å². The van der Waals surface area contributed by atoms with Crippen LogP contribution in [-0.2, 0) is 9.53 Å². The van der Waals surface area contributed by atoms with E-state index in [1.807, 2.05) is 0 Å². The standard InChI is InChI=1S/C6H9F2NO2/c1-11-5(10)6(9)2-3(6)4(7)8/h3-4H,2,9H2,1H3/t3-,6+/m1/s1. The molecule has 11 heavy (non-hydrogen) atoms. The number of carbonyl (C=O) groups excluding carboxylic acids is 1. The quantitative estimate of drug-likeness (QED) is 0.592. The number of rotatable bonds is 2. The van der Waals surface area contributed by atoms with Crippen LogP contribution in [0.2, 0.25) is 0 Å². The Morgan fingerprint density at radius 1 is 1.82 bits per heavy atom. The molecular weight excluding hydrogens is 156 g/mol. The van der Waals surface area contributed by atoms with Crippen molar-refractivity contribution in [2.45, 2.75) is 18.4 Å². The monoisotopic (exact) mass is 165 g/mol. The van der Waals surface area contributed by atoms with Crippen molar-refractivity contribution in [3.05, 3.63) is 0 Å². The van der Waals surface area contributed by atoms with Gasteiger partial charge in [0.1, 0.15) is 5.54 Å². The van der Waals surface area contributed by atoms with Crippen LogP contribution in [0.4, 0.5) is 8.78 Å². The fraction of sp³-hybridized carbons (Fsp3) is 0.833. The number of hydrogen-bond donors (Lipinski definition) is 1. The van der Waals surface area contributed by atoms with Crippen LogP contribution in [0.25, 0.3) is 0 Å². The first-order valence-corrected chi connectivity index (χ1v) is 3.18. The highest BCUT2D eigenvalue weighted by Crippen LogP contribution is 2.45. The second-order valence-electron chi connectivity index (χ2n) is 2.68. The third-order valence-corrected chi connectivity index (χ3v) is 1.93. The third-order valence-electron chi connectivity index (χ3n) is 1.93. The Morgan fingerprint density at radius 2 is 2.36 bits per heavy atom. The van der Waals surface area contributed by atoms with Gasteiger partial charge < -0.3 is 10.5 Å². The molecule has 0 unspecified atom stereocenters. The van der Waals surface area contributed by atoms with Crippen LogP contribution < -0.4 is 5.73 Å². The van der Waals surface area contributed by atoms with Gasteiger partial charge in [-0.15, -0.1) is 0 Å². The van der Waals surface area contributed by atoms with E-state index in [-0.39, 0.29) is 6.42 Å². The van der Waals surface area contributed by atoms with Gasteiger partial charge in [0.2, 0.25) is 6.43 Å². The van der Waals surface area contributed by atoms with Gasteiger partial charge in [0.15, 0.2) is 0 Å². The number of carbonyl (C=O) groups is 1. The van der Waals surface area contributed by atoms with Gasteiger partial charge in [-0.1, -0.05) is 0 Å². The minimum Gasteiger partial charge on any atom is -0.468 e. The fourth-order valence-electron chi connectivity index (χ4n) is 1.04. The van der Waals surface area contributed by atoms with E-state index in [1.165, 1.54) is 0 Å². The lowest BCUT2D eigenvalue weighted by atomic mass is 10.2. The minimum absolute atomic E-state index is 0.0251. The van der Waals surface area contributed by atoms with E-state index >= 15 is 0 Å². The zero-order valence-electron chi connectivity index (χ0n) is 6.01. The number of methoxy groups -OCH3 is 1. The van der Waals surface area contributed by atoms with Crippen molar-refractivity contribution in [2.24, 2.45) is 11.7 Å². The Labute approximate surface area is 62.5 Å². The summed E-state index contributed by atoms with van der Waals surface area (Å²) in [5.74, 6) is -1.77. The molecule has 1 rings (SSSR count). The minimum atomic E-state index is -2.53. The Morgan fingerprint density at radius 3 is 2.64 bits per heavy atom. The number of hydrogen-bond acceptors (Lipinski definition) is 3. The predicted molar refractivity (Wildman–Crippen MR) is 33.0 cm³/mol. The maximum absolute atomic E-state index is 11.9. The van der Waals surface area contributed by atoms with Crippen LogP contribution >= 0.6 is 0 Å². The molecule has 0 aromatic carbocycles. The molecule has 0 amide bonds. The normalized spacial score (nSPS) is 35.5. The topological polar surface area (TPSA) is 52.3 Å². The van der Waals surface area contributed by atoms with Crippen molar-refractivity contribution in [2.75, 3.05) is 7.11 Å². The molecule has 64 valence electrons. The zero-order chi connectivity index (χ0) is 8.65. The van der Waals surface area contributed by atoms with Crippen molar-refractivity contribution < 1.29 is 18.3 Å². The molecule has 0 aliphatic heterocycles. The highest BCUT2D eigenvalue weighted by Gasteiger charge is 2.62. The lowest BCUT2D eigenvalue weighted by Crippen LogP contribution is -2.37. The molecule has 5 heteroatoms. The summed E-state index contributed by atoms with van der Waals surface area (Å²) in [7, 11) is 1.14. The zero-order valence-corrected chi connectivity index (χ0v) is 6.01. The van der Waals surface area contributed by atoms with Gasteiger partial charge in [-0.2, -0.15) is 0 Å². The lowest BCUT2D eigenvalue weighted by molar-refractivity contribution is -0.144. The molecule has 0 heterocycles. The van der Waals surface area contributed by atoms with E-state index in [1.54, 1.807) is 0 Å². The highest BCUT2D eigenvalue weighted by molar-refractivity contribution is 5.84. The molecule has 2 N–H and O–H groups in total. The van der Waals surface area contributed by atoms with Crippen molar-refractivity contribution in [3.63, 3.8) is 0 Å². The highest BCUT2D eigenvalue weighted by atomic mass is 19.3. The number of esters is 1. The van der Waals surface area contributed by atoms with Gasteiger partial charge in [0.05, 0.1) is 13.0 Å². The number of alkyl halides is 2. The van der Waals surface area contributed by atoms with Crippen LogP contribution in [-0.4, -0.2) is 25.0 Å². The van der Waals surface area contributed by atoms with E-state index in [0.717, 1.165) is 7.11 Å². The summed E-state index contributed by atoms with van der Waals surface area (Å²) in [6.45, 7) is 0. The van der Waals surface area contributed by atoms with Gasteiger partial charge >= 0.3 is 5.97 Å². The van der Waals surface area contributed by atoms with Gasteiger partial charge in [-0.05, 0) is 6.42 Å². The smallest absolute Gasteiger partial charge is 0.326 e. The molecule has 0 aromatic heterocycles. The molecule has 0 saturated heterocycles. The van der Waals surface area contributed by atoms with Crippen LogP contribution in [0.1, 0.15) is 6.42 Å². The lowest BCUT2D eigenvalue weighted by Gasteiger charge is -2.07. The number of nitrogens with two attached hydrogens (primary N) is 1. The van der Waals surface area contributed by atoms with Crippen LogP contribution in [0.5, 0.6) is 0 Å². The first-order chi connectivity index (χ1) is 5.02. The Bertz CT molecular complexity index is 185. The molecule has 0 radical (unpaired) electrons. The van der Waals surface area contributed by atoms with Gasteiger partial charge in [-0.25, -0.2) is 8.78 Å². The maximum Gasteiger partial charge on any atom is 0.326 e. The summed E-state index contributed by atoms with van der Waals surface area (Å²) in [6.07, 6.45) is -2.50. The van der Waals surface area contributed by atoms with Crippen LogP contribution in [0, 0.1) is 5.92 Å². The number of halogens is 2. The van der Waals surface area contributed by atoms with E-state index in [9.17, 15) is 13.6 Å². The molecule has 0 aromatic rings. The average molecular weight is 165 g/mol. The summed E-state index contributed by atoms with van der Waals surface area (Å²) in [4.78, 5) is 10.7. The molecule has 0 spiro atoms. The van der Waals surface area contributed by atoms with E-state index in [0.29, 0.717) is 0 Å². The van der Waals surface area contributed by atoms with Gasteiger partial charge in [0.25, 0.3) is 0 Å². The van der Waals surface area contributed by atoms with Crippen LogP contribution in [0.15, 0.2) is 0 Å². The van der Waals surface area contributed by atoms with E-state index < -0.39 is 23.9 Å². The maximum atomic E-state index is 11.9. The van der Waals surface area contributed by atoms with Gasteiger partial charge in [0, 0.05) is 0 Å². The number of ether oxygens (including phenoxy) is 1. The molecule has 1 aliphatic rings. The largest absolute Gasteiger partial charge is 0.468 e.